The van der Waals surface area contributed by atoms with E-state index in [1.807, 2.05) is 0 Å². The van der Waals surface area contributed by atoms with Gasteiger partial charge in [-0.2, -0.15) is 0 Å². The van der Waals surface area contributed by atoms with Gasteiger partial charge in [0.1, 0.15) is 0 Å². The predicted octanol–water partition coefficient (Wildman–Crippen LogP) is 6.30. The van der Waals surface area contributed by atoms with Crippen molar-refractivity contribution in [2.75, 3.05) is 0 Å². The Kier molecular flexibility index (Phi) is 5.44. The van der Waals surface area contributed by atoms with Gasteiger partial charge in [0.15, 0.2) is 0 Å². The van der Waals surface area contributed by atoms with Gasteiger partial charge in [0.05, 0.1) is 0 Å². The Hall–Kier alpha value is -1.30. The average molecular weight is 254 g/mol. The van der Waals surface area contributed by atoms with Crippen LogP contribution in [0.1, 0.15) is 63.9 Å². The van der Waals surface area contributed by atoms with Gasteiger partial charge in [0, 0.05) is 0 Å². The van der Waals surface area contributed by atoms with Crippen molar-refractivity contribution in [1.82, 2.24) is 0 Å². The first kappa shape index (κ1) is 14.1. The molecule has 0 aromatic heterocycles. The van der Waals surface area contributed by atoms with Crippen LogP contribution >= 0.6 is 0 Å². The lowest BCUT2D eigenvalue weighted by Gasteiger charge is -2.17. The second-order valence-corrected chi connectivity index (χ2v) is 5.52. The van der Waals surface area contributed by atoms with Crippen LogP contribution in [0.4, 0.5) is 0 Å². The fraction of sp³-hybridized carbons (Fsp3) is 0.474. The molecule has 0 fully saturated rings. The van der Waals surface area contributed by atoms with Gasteiger partial charge in [-0.1, -0.05) is 82.0 Å². The molecule has 2 rings (SSSR count). The van der Waals surface area contributed by atoms with Gasteiger partial charge in [-0.05, 0) is 35.1 Å². The Morgan fingerprint density at radius 1 is 0.842 bits per heavy atom. The van der Waals surface area contributed by atoms with Crippen molar-refractivity contribution >= 4 is 10.8 Å². The summed E-state index contributed by atoms with van der Waals surface area (Å²) in [6.45, 7) is 4.61. The highest BCUT2D eigenvalue weighted by Crippen LogP contribution is 2.31. The molecule has 0 bridgehead atoms. The minimum atomic E-state index is 0.725. The molecule has 0 heteroatoms. The fourth-order valence-corrected chi connectivity index (χ4v) is 3.00. The maximum atomic E-state index is 2.33. The molecule has 2 aromatic carbocycles. The summed E-state index contributed by atoms with van der Waals surface area (Å²) in [7, 11) is 0. The van der Waals surface area contributed by atoms with E-state index >= 15 is 0 Å². The van der Waals surface area contributed by atoms with Crippen LogP contribution in [0.15, 0.2) is 42.5 Å². The predicted molar refractivity (Wildman–Crippen MR) is 85.7 cm³/mol. The van der Waals surface area contributed by atoms with Crippen LogP contribution in [-0.2, 0) is 0 Å². The number of benzene rings is 2. The summed E-state index contributed by atoms with van der Waals surface area (Å²) in [6, 6.07) is 15.6. The van der Waals surface area contributed by atoms with Gasteiger partial charge >= 0.3 is 0 Å². The molecule has 0 N–H and O–H groups in total. The van der Waals surface area contributed by atoms with E-state index < -0.39 is 0 Å². The molecule has 2 aromatic rings. The maximum Gasteiger partial charge on any atom is -0.0149 e. The summed E-state index contributed by atoms with van der Waals surface area (Å²) >= 11 is 0. The van der Waals surface area contributed by atoms with Crippen molar-refractivity contribution in [1.29, 1.82) is 0 Å². The summed E-state index contributed by atoms with van der Waals surface area (Å²) in [5, 5.41) is 2.83. The summed E-state index contributed by atoms with van der Waals surface area (Å²) in [4.78, 5) is 0. The lowest BCUT2D eigenvalue weighted by Crippen LogP contribution is -1.98. The Morgan fingerprint density at radius 2 is 1.63 bits per heavy atom. The topological polar surface area (TPSA) is 0 Å². The zero-order valence-corrected chi connectivity index (χ0v) is 12.4. The highest BCUT2D eigenvalue weighted by molar-refractivity contribution is 5.86. The largest absolute Gasteiger partial charge is 0.0654 e. The van der Waals surface area contributed by atoms with E-state index in [-0.39, 0.29) is 0 Å². The molecule has 0 radical (unpaired) electrons. The third-order valence-electron chi connectivity index (χ3n) is 4.16. The number of hydrogen-bond donors (Lipinski definition) is 0. The first-order chi connectivity index (χ1) is 9.36. The normalized spacial score (nSPS) is 12.7. The molecule has 1 atom stereocenters. The van der Waals surface area contributed by atoms with Crippen LogP contribution in [0.2, 0.25) is 0 Å². The highest BCUT2D eigenvalue weighted by Gasteiger charge is 2.11. The van der Waals surface area contributed by atoms with Crippen molar-refractivity contribution in [3.63, 3.8) is 0 Å². The SMILES string of the molecule is CCCCCCC(CC)c1cccc2ccccc12. The van der Waals surface area contributed by atoms with E-state index in [1.165, 1.54) is 49.3 Å². The maximum absolute atomic E-state index is 2.33. The summed E-state index contributed by atoms with van der Waals surface area (Å²) < 4.78 is 0. The molecule has 0 spiro atoms. The molecular weight excluding hydrogens is 228 g/mol. The molecule has 0 aliphatic carbocycles. The highest BCUT2D eigenvalue weighted by atomic mass is 14.2. The molecule has 0 amide bonds. The fourth-order valence-electron chi connectivity index (χ4n) is 3.00. The van der Waals surface area contributed by atoms with Crippen molar-refractivity contribution < 1.29 is 0 Å². The van der Waals surface area contributed by atoms with Crippen LogP contribution < -0.4 is 0 Å². The molecule has 1 unspecified atom stereocenters. The lowest BCUT2D eigenvalue weighted by molar-refractivity contribution is 0.545. The van der Waals surface area contributed by atoms with Gasteiger partial charge in [-0.3, -0.25) is 0 Å². The third-order valence-corrected chi connectivity index (χ3v) is 4.16. The number of unbranched alkanes of at least 4 members (excludes halogenated alkanes) is 3. The van der Waals surface area contributed by atoms with E-state index in [9.17, 15) is 0 Å². The third kappa shape index (κ3) is 3.59. The number of rotatable bonds is 7. The van der Waals surface area contributed by atoms with E-state index in [0.29, 0.717) is 0 Å². The Morgan fingerprint density at radius 3 is 2.42 bits per heavy atom. The van der Waals surface area contributed by atoms with Gasteiger partial charge in [0.25, 0.3) is 0 Å². The van der Waals surface area contributed by atoms with Gasteiger partial charge in [-0.15, -0.1) is 0 Å². The lowest BCUT2D eigenvalue weighted by atomic mass is 9.87. The van der Waals surface area contributed by atoms with Crippen LogP contribution in [0, 0.1) is 0 Å². The van der Waals surface area contributed by atoms with Crippen LogP contribution in [-0.4, -0.2) is 0 Å². The molecule has 0 nitrogen and oxygen atoms in total. The van der Waals surface area contributed by atoms with Crippen molar-refractivity contribution in [2.45, 2.75) is 58.3 Å². The van der Waals surface area contributed by atoms with E-state index in [2.05, 4.69) is 56.3 Å². The van der Waals surface area contributed by atoms with Crippen LogP contribution in [0.3, 0.4) is 0 Å². The molecule has 0 heterocycles. The van der Waals surface area contributed by atoms with Crippen molar-refractivity contribution in [2.24, 2.45) is 0 Å². The number of hydrogen-bond acceptors (Lipinski definition) is 0. The molecular formula is C19H26. The van der Waals surface area contributed by atoms with E-state index in [4.69, 9.17) is 0 Å². The molecule has 0 aliphatic rings. The van der Waals surface area contributed by atoms with Crippen molar-refractivity contribution in [3.8, 4) is 0 Å². The summed E-state index contributed by atoms with van der Waals surface area (Å²) in [5.41, 5.74) is 1.55. The van der Waals surface area contributed by atoms with Gasteiger partial charge in [-0.25, -0.2) is 0 Å². The first-order valence-corrected chi connectivity index (χ1v) is 7.84. The number of fused-ring (bicyclic) bond motifs is 1. The molecule has 0 saturated carbocycles. The minimum absolute atomic E-state index is 0.725. The second-order valence-electron chi connectivity index (χ2n) is 5.52. The minimum Gasteiger partial charge on any atom is -0.0654 e. The second kappa shape index (κ2) is 7.33. The summed E-state index contributed by atoms with van der Waals surface area (Å²) in [6.07, 6.45) is 8.05. The van der Waals surface area contributed by atoms with Crippen molar-refractivity contribution in [3.05, 3.63) is 48.0 Å². The zero-order valence-electron chi connectivity index (χ0n) is 12.4. The molecule has 102 valence electrons. The Labute approximate surface area is 117 Å². The zero-order chi connectivity index (χ0) is 13.5. The van der Waals surface area contributed by atoms with E-state index in [1.54, 1.807) is 5.56 Å². The van der Waals surface area contributed by atoms with Gasteiger partial charge in [0.2, 0.25) is 0 Å². The smallest absolute Gasteiger partial charge is 0.0149 e. The monoisotopic (exact) mass is 254 g/mol. The first-order valence-electron chi connectivity index (χ1n) is 7.84. The molecule has 19 heavy (non-hydrogen) atoms. The van der Waals surface area contributed by atoms with Gasteiger partial charge < -0.3 is 0 Å². The molecule has 0 saturated heterocycles. The molecule has 0 aliphatic heterocycles. The average Bonchev–Trinajstić information content (AvgIpc) is 2.47. The summed E-state index contributed by atoms with van der Waals surface area (Å²) in [5.74, 6) is 0.725. The van der Waals surface area contributed by atoms with Crippen LogP contribution in [0.25, 0.3) is 10.8 Å². The standard InChI is InChI=1S/C19H26/c1-3-5-6-7-11-16(4-2)18-15-10-13-17-12-8-9-14-19(17)18/h8-10,12-16H,3-7,11H2,1-2H3. The quantitative estimate of drug-likeness (QED) is 0.508. The van der Waals surface area contributed by atoms with Crippen LogP contribution in [0.5, 0.6) is 0 Å². The Balaban J connectivity index is 2.16. The Bertz CT molecular complexity index is 493. The van der Waals surface area contributed by atoms with E-state index in [0.717, 1.165) is 5.92 Å².